The smallest absolute Gasteiger partial charge is 0.185 e. The highest BCUT2D eigenvalue weighted by molar-refractivity contribution is 9.10. The zero-order valence-electron chi connectivity index (χ0n) is 11.2. The lowest BCUT2D eigenvalue weighted by atomic mass is 10.2. The summed E-state index contributed by atoms with van der Waals surface area (Å²) in [6, 6.07) is 8.30. The topological polar surface area (TPSA) is 28.2 Å². The van der Waals surface area contributed by atoms with Crippen LogP contribution < -0.4 is 10.2 Å². The summed E-state index contributed by atoms with van der Waals surface area (Å²) in [5, 5.41) is 4.38. The van der Waals surface area contributed by atoms with Gasteiger partial charge in [0, 0.05) is 35.7 Å². The van der Waals surface area contributed by atoms with E-state index in [9.17, 15) is 0 Å². The summed E-state index contributed by atoms with van der Waals surface area (Å²) in [6.45, 7) is 4.85. The van der Waals surface area contributed by atoms with Gasteiger partial charge < -0.3 is 10.2 Å². The molecular weight excluding hydrogens is 322 g/mol. The van der Waals surface area contributed by atoms with Crippen molar-refractivity contribution in [2.75, 3.05) is 18.5 Å². The molecule has 5 heteroatoms. The van der Waals surface area contributed by atoms with E-state index < -0.39 is 0 Å². The lowest BCUT2D eigenvalue weighted by Crippen LogP contribution is -2.16. The molecule has 2 rings (SSSR count). The van der Waals surface area contributed by atoms with Crippen LogP contribution in [0.4, 0.5) is 5.13 Å². The van der Waals surface area contributed by atoms with Gasteiger partial charge in [-0.05, 0) is 18.2 Å². The van der Waals surface area contributed by atoms with E-state index in [1.165, 1.54) is 10.4 Å². The van der Waals surface area contributed by atoms with Crippen LogP contribution in [0.5, 0.6) is 0 Å². The van der Waals surface area contributed by atoms with Gasteiger partial charge in [-0.25, -0.2) is 4.98 Å². The van der Waals surface area contributed by atoms with Gasteiger partial charge in [0.25, 0.3) is 0 Å². The Balaban J connectivity index is 2.01. The SMILES string of the molecule is CCNCc1cnc(N(C)Cc2ccccc2Br)s1. The number of anilines is 1. The Kier molecular flexibility index (Phi) is 5.36. The molecule has 0 bridgehead atoms. The Bertz CT molecular complexity index is 527. The Labute approximate surface area is 126 Å². The number of nitrogens with one attached hydrogen (secondary N) is 1. The van der Waals surface area contributed by atoms with Gasteiger partial charge in [-0.2, -0.15) is 0 Å². The molecule has 0 unspecified atom stereocenters. The number of halogens is 1. The summed E-state index contributed by atoms with van der Waals surface area (Å²) in [4.78, 5) is 7.94. The molecule has 0 radical (unpaired) electrons. The predicted molar refractivity (Wildman–Crippen MR) is 85.7 cm³/mol. The molecule has 1 aromatic carbocycles. The summed E-state index contributed by atoms with van der Waals surface area (Å²) in [5.74, 6) is 0. The first-order valence-electron chi connectivity index (χ1n) is 6.30. The minimum Gasteiger partial charge on any atom is -0.347 e. The zero-order valence-corrected chi connectivity index (χ0v) is 13.6. The van der Waals surface area contributed by atoms with Crippen LogP contribution in [0, 0.1) is 0 Å². The van der Waals surface area contributed by atoms with E-state index >= 15 is 0 Å². The third-order valence-corrected chi connectivity index (χ3v) is 4.67. The highest BCUT2D eigenvalue weighted by Crippen LogP contribution is 2.24. The van der Waals surface area contributed by atoms with E-state index in [1.807, 2.05) is 12.3 Å². The van der Waals surface area contributed by atoms with Crippen LogP contribution in [-0.4, -0.2) is 18.6 Å². The summed E-state index contributed by atoms with van der Waals surface area (Å²) >= 11 is 5.33. The van der Waals surface area contributed by atoms with Crippen molar-refractivity contribution in [3.63, 3.8) is 0 Å². The first-order chi connectivity index (χ1) is 9.20. The molecule has 0 fully saturated rings. The quantitative estimate of drug-likeness (QED) is 0.870. The first-order valence-corrected chi connectivity index (χ1v) is 7.91. The fourth-order valence-corrected chi connectivity index (χ4v) is 3.00. The lowest BCUT2D eigenvalue weighted by Gasteiger charge is -2.16. The van der Waals surface area contributed by atoms with Crippen molar-refractivity contribution in [2.24, 2.45) is 0 Å². The fraction of sp³-hybridized carbons (Fsp3) is 0.357. The van der Waals surface area contributed by atoms with Crippen LogP contribution in [0.2, 0.25) is 0 Å². The van der Waals surface area contributed by atoms with Gasteiger partial charge in [-0.1, -0.05) is 41.1 Å². The maximum Gasteiger partial charge on any atom is 0.185 e. The number of thiazole rings is 1. The molecule has 0 spiro atoms. The summed E-state index contributed by atoms with van der Waals surface area (Å²) in [5.41, 5.74) is 1.27. The largest absolute Gasteiger partial charge is 0.347 e. The molecule has 0 aliphatic rings. The van der Waals surface area contributed by atoms with Crippen LogP contribution in [0.15, 0.2) is 34.9 Å². The Morgan fingerprint density at radius 1 is 1.37 bits per heavy atom. The molecule has 0 atom stereocenters. The van der Waals surface area contributed by atoms with E-state index in [-0.39, 0.29) is 0 Å². The molecule has 1 heterocycles. The number of nitrogens with zero attached hydrogens (tertiary/aromatic N) is 2. The van der Waals surface area contributed by atoms with E-state index in [0.717, 1.165) is 29.2 Å². The summed E-state index contributed by atoms with van der Waals surface area (Å²) < 4.78 is 1.14. The van der Waals surface area contributed by atoms with Crippen molar-refractivity contribution < 1.29 is 0 Å². The second-order valence-corrected chi connectivity index (χ2v) is 6.28. The normalized spacial score (nSPS) is 10.7. The number of hydrogen-bond acceptors (Lipinski definition) is 4. The number of benzene rings is 1. The second kappa shape index (κ2) is 7.03. The van der Waals surface area contributed by atoms with Crippen LogP contribution in [0.3, 0.4) is 0 Å². The van der Waals surface area contributed by atoms with Crippen LogP contribution in [0.25, 0.3) is 0 Å². The second-order valence-electron chi connectivity index (χ2n) is 4.34. The molecule has 0 aliphatic carbocycles. The summed E-state index contributed by atoms with van der Waals surface area (Å²) in [7, 11) is 2.08. The molecule has 2 aromatic rings. The van der Waals surface area contributed by atoms with E-state index in [1.54, 1.807) is 11.3 Å². The molecule has 0 saturated heterocycles. The van der Waals surface area contributed by atoms with Gasteiger partial charge in [0.1, 0.15) is 0 Å². The van der Waals surface area contributed by atoms with Gasteiger partial charge in [-0.15, -0.1) is 11.3 Å². The van der Waals surface area contributed by atoms with Gasteiger partial charge in [0.05, 0.1) is 0 Å². The monoisotopic (exact) mass is 339 g/mol. The van der Waals surface area contributed by atoms with Crippen LogP contribution in [0.1, 0.15) is 17.4 Å². The van der Waals surface area contributed by atoms with Crippen LogP contribution >= 0.6 is 27.3 Å². The number of aromatic nitrogens is 1. The molecular formula is C14H18BrN3S. The number of hydrogen-bond donors (Lipinski definition) is 1. The molecule has 1 aromatic heterocycles. The van der Waals surface area contributed by atoms with Crippen molar-refractivity contribution >= 4 is 32.4 Å². The molecule has 0 saturated carbocycles. The van der Waals surface area contributed by atoms with Crippen molar-refractivity contribution in [3.8, 4) is 0 Å². The molecule has 3 nitrogen and oxygen atoms in total. The predicted octanol–water partition coefficient (Wildman–Crippen LogP) is 3.65. The van der Waals surface area contributed by atoms with Gasteiger partial charge in [0.2, 0.25) is 0 Å². The Hall–Kier alpha value is -0.910. The highest BCUT2D eigenvalue weighted by Gasteiger charge is 2.09. The minimum atomic E-state index is 0.857. The fourth-order valence-electron chi connectivity index (χ4n) is 1.75. The van der Waals surface area contributed by atoms with Gasteiger partial charge >= 0.3 is 0 Å². The zero-order chi connectivity index (χ0) is 13.7. The molecule has 19 heavy (non-hydrogen) atoms. The van der Waals surface area contributed by atoms with E-state index in [0.29, 0.717) is 0 Å². The lowest BCUT2D eigenvalue weighted by molar-refractivity contribution is 0.734. The van der Waals surface area contributed by atoms with Crippen molar-refractivity contribution in [1.82, 2.24) is 10.3 Å². The number of rotatable bonds is 6. The van der Waals surface area contributed by atoms with E-state index in [2.05, 4.69) is 63.3 Å². The summed E-state index contributed by atoms with van der Waals surface area (Å²) in [6.07, 6.45) is 1.96. The Morgan fingerprint density at radius 2 is 2.16 bits per heavy atom. The third kappa shape index (κ3) is 4.03. The average molecular weight is 340 g/mol. The molecule has 0 amide bonds. The first kappa shape index (κ1) is 14.5. The average Bonchev–Trinajstić information content (AvgIpc) is 2.88. The molecule has 1 N–H and O–H groups in total. The van der Waals surface area contributed by atoms with Gasteiger partial charge in [0.15, 0.2) is 5.13 Å². The van der Waals surface area contributed by atoms with Crippen LogP contribution in [-0.2, 0) is 13.1 Å². The van der Waals surface area contributed by atoms with Crippen molar-refractivity contribution in [3.05, 3.63) is 45.4 Å². The third-order valence-electron chi connectivity index (χ3n) is 2.78. The maximum absolute atomic E-state index is 4.48. The minimum absolute atomic E-state index is 0.857. The molecule has 102 valence electrons. The van der Waals surface area contributed by atoms with Gasteiger partial charge in [-0.3, -0.25) is 0 Å². The maximum atomic E-state index is 4.48. The van der Waals surface area contributed by atoms with Crippen molar-refractivity contribution in [2.45, 2.75) is 20.0 Å². The van der Waals surface area contributed by atoms with E-state index in [4.69, 9.17) is 0 Å². The highest BCUT2D eigenvalue weighted by atomic mass is 79.9. The van der Waals surface area contributed by atoms with Crippen molar-refractivity contribution in [1.29, 1.82) is 0 Å². The standard InChI is InChI=1S/C14H18BrN3S/c1-3-16-8-12-9-17-14(19-12)18(2)10-11-6-4-5-7-13(11)15/h4-7,9,16H,3,8,10H2,1-2H3. The molecule has 0 aliphatic heterocycles. The Morgan fingerprint density at radius 3 is 2.89 bits per heavy atom.